The maximum atomic E-state index is 8.98. The number of fused-ring (bicyclic) bond motifs is 1. The fourth-order valence-corrected chi connectivity index (χ4v) is 1.18. The van der Waals surface area contributed by atoms with E-state index in [4.69, 9.17) is 20.1 Å². The summed E-state index contributed by atoms with van der Waals surface area (Å²) >= 11 is 0. The topological polar surface area (TPSA) is 73.5 Å². The molecule has 0 unspecified atom stereocenters. The molecule has 3 N–H and O–H groups in total. The van der Waals surface area contributed by atoms with Gasteiger partial charge in [-0.2, -0.15) is 4.73 Å². The van der Waals surface area contributed by atoms with Crippen LogP contribution in [0.15, 0.2) is 16.5 Å². The van der Waals surface area contributed by atoms with E-state index < -0.39 is 0 Å². The third-order valence-electron chi connectivity index (χ3n) is 1.64. The molecular formula is C7H8N2O3. The van der Waals surface area contributed by atoms with E-state index in [0.29, 0.717) is 16.9 Å². The van der Waals surface area contributed by atoms with Crippen molar-refractivity contribution < 1.29 is 14.4 Å². The fourth-order valence-electron chi connectivity index (χ4n) is 1.18. The molecule has 0 radical (unpaired) electrons. The summed E-state index contributed by atoms with van der Waals surface area (Å²) in [4.78, 5) is 4.93. The Bertz CT molecular complexity index is 415. The Morgan fingerprint density at radius 1 is 1.58 bits per heavy atom. The van der Waals surface area contributed by atoms with E-state index >= 15 is 0 Å². The molecule has 64 valence electrons. The number of nitrogens with zero attached hydrogens (tertiary/aromatic N) is 1. The van der Waals surface area contributed by atoms with Crippen molar-refractivity contribution in [2.75, 3.05) is 12.8 Å². The van der Waals surface area contributed by atoms with E-state index in [9.17, 15) is 0 Å². The SMILES string of the molecule is COn1c(N)cc2oc(O)cc21. The smallest absolute Gasteiger partial charge is 0.284 e. The molecule has 2 aromatic rings. The third kappa shape index (κ3) is 0.730. The zero-order chi connectivity index (χ0) is 8.72. The van der Waals surface area contributed by atoms with Crippen LogP contribution in [-0.4, -0.2) is 16.9 Å². The van der Waals surface area contributed by atoms with Gasteiger partial charge in [0.1, 0.15) is 18.4 Å². The number of nitrogens with two attached hydrogens (primary N) is 1. The maximum Gasteiger partial charge on any atom is 0.284 e. The van der Waals surface area contributed by atoms with E-state index in [2.05, 4.69) is 0 Å². The normalized spacial score (nSPS) is 10.8. The van der Waals surface area contributed by atoms with Crippen molar-refractivity contribution in [3.8, 4) is 5.95 Å². The molecule has 0 atom stereocenters. The van der Waals surface area contributed by atoms with Crippen LogP contribution >= 0.6 is 0 Å². The van der Waals surface area contributed by atoms with Crippen molar-refractivity contribution in [1.29, 1.82) is 0 Å². The zero-order valence-corrected chi connectivity index (χ0v) is 6.44. The highest BCUT2D eigenvalue weighted by Gasteiger charge is 2.11. The van der Waals surface area contributed by atoms with Crippen molar-refractivity contribution in [1.82, 2.24) is 4.73 Å². The quantitative estimate of drug-likeness (QED) is 0.653. The molecule has 12 heavy (non-hydrogen) atoms. The van der Waals surface area contributed by atoms with Crippen LogP contribution in [0.1, 0.15) is 0 Å². The lowest BCUT2D eigenvalue weighted by Crippen LogP contribution is -2.07. The largest absolute Gasteiger partial charge is 0.481 e. The molecule has 0 bridgehead atoms. The number of hydrogen-bond donors (Lipinski definition) is 2. The number of hydrogen-bond acceptors (Lipinski definition) is 4. The molecule has 2 rings (SSSR count). The number of aromatic nitrogens is 1. The number of aromatic hydroxyl groups is 1. The fraction of sp³-hybridized carbons (Fsp3) is 0.143. The van der Waals surface area contributed by atoms with Gasteiger partial charge in [-0.05, 0) is 0 Å². The summed E-state index contributed by atoms with van der Waals surface area (Å²) in [5.41, 5.74) is 6.68. The van der Waals surface area contributed by atoms with Crippen LogP contribution in [0.5, 0.6) is 5.95 Å². The lowest BCUT2D eigenvalue weighted by molar-refractivity contribution is 0.184. The third-order valence-corrected chi connectivity index (χ3v) is 1.64. The Balaban J connectivity index is 2.78. The van der Waals surface area contributed by atoms with Crippen LogP contribution in [0.2, 0.25) is 0 Å². The average Bonchev–Trinajstić information content (AvgIpc) is 2.43. The molecule has 5 nitrogen and oxygen atoms in total. The van der Waals surface area contributed by atoms with Gasteiger partial charge in [0.15, 0.2) is 5.58 Å². The summed E-state index contributed by atoms with van der Waals surface area (Å²) < 4.78 is 6.28. The molecule has 0 aliphatic rings. The first-order chi connectivity index (χ1) is 5.72. The van der Waals surface area contributed by atoms with Crippen LogP contribution in [0.25, 0.3) is 11.1 Å². The molecule has 0 aromatic carbocycles. The van der Waals surface area contributed by atoms with Gasteiger partial charge in [-0.25, -0.2) is 0 Å². The van der Waals surface area contributed by atoms with Gasteiger partial charge in [-0.15, -0.1) is 0 Å². The van der Waals surface area contributed by atoms with Gasteiger partial charge in [-0.1, -0.05) is 0 Å². The summed E-state index contributed by atoms with van der Waals surface area (Å²) in [6.07, 6.45) is 0. The summed E-state index contributed by atoms with van der Waals surface area (Å²) in [5.74, 6) is 0.289. The van der Waals surface area contributed by atoms with Crippen molar-refractivity contribution in [3.05, 3.63) is 12.1 Å². The Morgan fingerprint density at radius 2 is 2.33 bits per heavy atom. The Kier molecular flexibility index (Phi) is 1.21. The molecule has 0 saturated heterocycles. The summed E-state index contributed by atoms with van der Waals surface area (Å²) in [5, 5.41) is 8.98. The van der Waals surface area contributed by atoms with Crippen LogP contribution in [-0.2, 0) is 0 Å². The van der Waals surface area contributed by atoms with Gasteiger partial charge in [0.25, 0.3) is 5.95 Å². The molecule has 0 aliphatic heterocycles. The summed E-state index contributed by atoms with van der Waals surface area (Å²) in [6.45, 7) is 0. The molecule has 5 heteroatoms. The van der Waals surface area contributed by atoms with Crippen LogP contribution in [0, 0.1) is 0 Å². The predicted molar refractivity (Wildman–Crippen MR) is 42.8 cm³/mol. The van der Waals surface area contributed by atoms with Crippen molar-refractivity contribution in [2.24, 2.45) is 0 Å². The number of rotatable bonds is 1. The highest BCUT2D eigenvalue weighted by Crippen LogP contribution is 2.27. The molecular weight excluding hydrogens is 160 g/mol. The van der Waals surface area contributed by atoms with Gasteiger partial charge < -0.3 is 20.1 Å². The highest BCUT2D eigenvalue weighted by atomic mass is 16.6. The Hall–Kier alpha value is -1.78. The first-order valence-corrected chi connectivity index (χ1v) is 3.36. The minimum Gasteiger partial charge on any atom is -0.481 e. The molecule has 2 heterocycles. The Labute approximate surface area is 67.9 Å². The van der Waals surface area contributed by atoms with E-state index in [1.54, 1.807) is 6.07 Å². The number of anilines is 1. The van der Waals surface area contributed by atoms with Gasteiger partial charge in [-0.3, -0.25) is 0 Å². The van der Waals surface area contributed by atoms with Crippen LogP contribution < -0.4 is 10.6 Å². The lowest BCUT2D eigenvalue weighted by Gasteiger charge is -2.01. The minimum absolute atomic E-state index is 0.147. The molecule has 2 aromatic heterocycles. The first kappa shape index (κ1) is 6.90. The van der Waals surface area contributed by atoms with Crippen molar-refractivity contribution >= 4 is 16.9 Å². The van der Waals surface area contributed by atoms with E-state index in [0.717, 1.165) is 0 Å². The monoisotopic (exact) mass is 168 g/mol. The van der Waals surface area contributed by atoms with Gasteiger partial charge in [0.05, 0.1) is 6.07 Å². The molecule has 0 spiro atoms. The zero-order valence-electron chi connectivity index (χ0n) is 6.44. The summed E-state index contributed by atoms with van der Waals surface area (Å²) in [6, 6.07) is 3.02. The first-order valence-electron chi connectivity index (χ1n) is 3.36. The second-order valence-electron chi connectivity index (χ2n) is 2.38. The van der Waals surface area contributed by atoms with E-state index in [-0.39, 0.29) is 5.95 Å². The number of furan rings is 1. The van der Waals surface area contributed by atoms with Crippen molar-refractivity contribution in [2.45, 2.75) is 0 Å². The summed E-state index contributed by atoms with van der Waals surface area (Å²) in [7, 11) is 1.49. The van der Waals surface area contributed by atoms with Crippen LogP contribution in [0.4, 0.5) is 5.82 Å². The van der Waals surface area contributed by atoms with Crippen molar-refractivity contribution in [3.63, 3.8) is 0 Å². The molecule has 0 aliphatic carbocycles. The number of nitrogen functional groups attached to an aromatic ring is 1. The van der Waals surface area contributed by atoms with Gasteiger partial charge in [0.2, 0.25) is 0 Å². The van der Waals surface area contributed by atoms with E-state index in [1.165, 1.54) is 17.9 Å². The molecule has 0 amide bonds. The minimum atomic E-state index is -0.147. The maximum absolute atomic E-state index is 8.98. The van der Waals surface area contributed by atoms with Gasteiger partial charge >= 0.3 is 0 Å². The second-order valence-corrected chi connectivity index (χ2v) is 2.38. The second kappa shape index (κ2) is 2.10. The Morgan fingerprint density at radius 3 is 3.00 bits per heavy atom. The standard InChI is InChI=1S/C7H8N2O3/c1-11-9-4-2-7(10)12-5(4)3-6(9)8/h2-3,10H,8H2,1H3. The molecule has 0 fully saturated rings. The van der Waals surface area contributed by atoms with Crippen LogP contribution in [0.3, 0.4) is 0 Å². The average molecular weight is 168 g/mol. The van der Waals surface area contributed by atoms with E-state index in [1.807, 2.05) is 0 Å². The molecule has 0 saturated carbocycles. The predicted octanol–water partition coefficient (Wildman–Crippen LogP) is 0.580. The highest BCUT2D eigenvalue weighted by molar-refractivity contribution is 5.80. The van der Waals surface area contributed by atoms with Gasteiger partial charge in [0, 0.05) is 6.07 Å². The lowest BCUT2D eigenvalue weighted by atomic mass is 10.5.